The van der Waals surface area contributed by atoms with Crippen molar-refractivity contribution >= 4 is 5.84 Å². The van der Waals surface area contributed by atoms with Crippen LogP contribution in [0.15, 0.2) is 4.99 Å². The van der Waals surface area contributed by atoms with E-state index < -0.39 is 0 Å². The Kier molecular flexibility index (Phi) is 4.62. The number of amidine groups is 1. The second-order valence-electron chi connectivity index (χ2n) is 5.47. The smallest absolute Gasteiger partial charge is 0.0966 e. The zero-order chi connectivity index (χ0) is 11.4. The van der Waals surface area contributed by atoms with Crippen LogP contribution in [0.3, 0.4) is 0 Å². The quantitative estimate of drug-likeness (QED) is 0.564. The Bertz CT molecular complexity index is 219. The predicted molar refractivity (Wildman–Crippen MR) is 67.0 cm³/mol. The summed E-state index contributed by atoms with van der Waals surface area (Å²) in [6.07, 6.45) is 5.26. The summed E-state index contributed by atoms with van der Waals surface area (Å²) in [7, 11) is 0. The Labute approximate surface area is 94.3 Å². The van der Waals surface area contributed by atoms with Crippen molar-refractivity contribution in [3.8, 4) is 0 Å². The zero-order valence-electron chi connectivity index (χ0n) is 10.7. The number of nitrogens with two attached hydrogens (primary N) is 1. The molecule has 0 amide bonds. The number of nitrogens with zero attached hydrogens (tertiary/aromatic N) is 1. The average molecular weight is 210 g/mol. The van der Waals surface area contributed by atoms with Gasteiger partial charge in [-0.2, -0.15) is 0 Å². The number of rotatable bonds is 3. The molecule has 0 heterocycles. The highest BCUT2D eigenvalue weighted by molar-refractivity contribution is 5.82. The van der Waals surface area contributed by atoms with E-state index in [1.807, 2.05) is 0 Å². The lowest BCUT2D eigenvalue weighted by Gasteiger charge is -2.32. The average Bonchev–Trinajstić information content (AvgIpc) is 2.18. The Morgan fingerprint density at radius 3 is 2.27 bits per heavy atom. The molecule has 2 atom stereocenters. The van der Waals surface area contributed by atoms with Crippen LogP contribution >= 0.6 is 0 Å². The van der Waals surface area contributed by atoms with Crippen molar-refractivity contribution in [1.82, 2.24) is 0 Å². The molecule has 0 aromatic rings. The van der Waals surface area contributed by atoms with Crippen LogP contribution < -0.4 is 5.73 Å². The van der Waals surface area contributed by atoms with E-state index in [0.29, 0.717) is 12.0 Å². The molecule has 1 aliphatic rings. The molecule has 1 aliphatic carbocycles. The Hall–Kier alpha value is -0.530. The lowest BCUT2D eigenvalue weighted by Crippen LogP contribution is -2.31. The molecule has 0 bridgehead atoms. The van der Waals surface area contributed by atoms with Gasteiger partial charge in [0.05, 0.1) is 11.9 Å². The molecule has 2 N–H and O–H groups in total. The Balaban J connectivity index is 2.68. The number of aliphatic imine (C=N–C) groups is 1. The van der Waals surface area contributed by atoms with E-state index in [4.69, 9.17) is 10.7 Å². The van der Waals surface area contributed by atoms with Gasteiger partial charge in [0, 0.05) is 5.92 Å². The molecule has 1 fully saturated rings. The molecule has 2 nitrogen and oxygen atoms in total. The van der Waals surface area contributed by atoms with E-state index in [1.54, 1.807) is 0 Å². The van der Waals surface area contributed by atoms with E-state index in [-0.39, 0.29) is 0 Å². The lowest BCUT2D eigenvalue weighted by molar-refractivity contribution is 0.241. The van der Waals surface area contributed by atoms with Crippen molar-refractivity contribution in [2.45, 2.75) is 59.4 Å². The Morgan fingerprint density at radius 1 is 1.13 bits per heavy atom. The minimum Gasteiger partial charge on any atom is -0.387 e. The topological polar surface area (TPSA) is 38.4 Å². The highest BCUT2D eigenvalue weighted by Gasteiger charge is 2.27. The van der Waals surface area contributed by atoms with Crippen molar-refractivity contribution in [3.05, 3.63) is 0 Å². The van der Waals surface area contributed by atoms with Gasteiger partial charge in [0.2, 0.25) is 0 Å². The van der Waals surface area contributed by atoms with Gasteiger partial charge in [-0.3, -0.25) is 4.99 Å². The van der Waals surface area contributed by atoms with Crippen LogP contribution in [-0.2, 0) is 0 Å². The third kappa shape index (κ3) is 3.51. The van der Waals surface area contributed by atoms with Gasteiger partial charge in [-0.1, -0.05) is 40.5 Å². The van der Waals surface area contributed by atoms with Crippen LogP contribution in [0.1, 0.15) is 53.4 Å². The monoisotopic (exact) mass is 210 g/mol. The van der Waals surface area contributed by atoms with Crippen molar-refractivity contribution in [2.24, 2.45) is 28.5 Å². The van der Waals surface area contributed by atoms with E-state index in [2.05, 4.69) is 27.7 Å². The molecule has 1 rings (SSSR count). The first-order valence-corrected chi connectivity index (χ1v) is 6.35. The van der Waals surface area contributed by atoms with Crippen molar-refractivity contribution < 1.29 is 0 Å². The summed E-state index contributed by atoms with van der Waals surface area (Å²) < 4.78 is 0. The summed E-state index contributed by atoms with van der Waals surface area (Å²) in [5.41, 5.74) is 5.96. The summed E-state index contributed by atoms with van der Waals surface area (Å²) in [5, 5.41) is 0. The van der Waals surface area contributed by atoms with Crippen LogP contribution in [0.2, 0.25) is 0 Å². The standard InChI is InChI=1S/C13H26N2/c1-9(2)11-7-5-6-8-12(11)15-13(14)10(3)4/h9-12H,5-8H2,1-4H3,(H2,14,15). The van der Waals surface area contributed by atoms with Gasteiger partial charge in [0.25, 0.3) is 0 Å². The highest BCUT2D eigenvalue weighted by Crippen LogP contribution is 2.32. The summed E-state index contributed by atoms with van der Waals surface area (Å²) in [6, 6.07) is 0.487. The Morgan fingerprint density at radius 2 is 1.73 bits per heavy atom. The fourth-order valence-electron chi connectivity index (χ4n) is 2.42. The van der Waals surface area contributed by atoms with Crippen LogP contribution in [0.5, 0.6) is 0 Å². The molecule has 0 radical (unpaired) electrons. The second-order valence-corrected chi connectivity index (χ2v) is 5.47. The molecule has 15 heavy (non-hydrogen) atoms. The fraction of sp³-hybridized carbons (Fsp3) is 0.923. The van der Waals surface area contributed by atoms with E-state index in [1.165, 1.54) is 25.7 Å². The van der Waals surface area contributed by atoms with Gasteiger partial charge in [-0.25, -0.2) is 0 Å². The van der Waals surface area contributed by atoms with Crippen molar-refractivity contribution in [1.29, 1.82) is 0 Å². The van der Waals surface area contributed by atoms with Crippen LogP contribution in [-0.4, -0.2) is 11.9 Å². The van der Waals surface area contributed by atoms with E-state index in [9.17, 15) is 0 Å². The van der Waals surface area contributed by atoms with E-state index in [0.717, 1.165) is 17.7 Å². The van der Waals surface area contributed by atoms with Crippen LogP contribution in [0, 0.1) is 17.8 Å². The third-order valence-corrected chi connectivity index (χ3v) is 3.54. The van der Waals surface area contributed by atoms with Crippen LogP contribution in [0.25, 0.3) is 0 Å². The normalized spacial score (nSPS) is 28.8. The van der Waals surface area contributed by atoms with Gasteiger partial charge >= 0.3 is 0 Å². The minimum absolute atomic E-state index is 0.389. The van der Waals surface area contributed by atoms with Crippen molar-refractivity contribution in [2.75, 3.05) is 0 Å². The van der Waals surface area contributed by atoms with Gasteiger partial charge in [0.1, 0.15) is 0 Å². The SMILES string of the molecule is CC(C)C(N)=NC1CCCCC1C(C)C. The molecule has 0 saturated heterocycles. The van der Waals surface area contributed by atoms with Crippen molar-refractivity contribution in [3.63, 3.8) is 0 Å². The molecule has 0 aliphatic heterocycles. The first-order chi connectivity index (χ1) is 7.02. The molecular formula is C13H26N2. The lowest BCUT2D eigenvalue weighted by atomic mass is 9.78. The molecule has 2 heteroatoms. The maximum Gasteiger partial charge on any atom is 0.0966 e. The molecule has 2 unspecified atom stereocenters. The minimum atomic E-state index is 0.389. The summed E-state index contributed by atoms with van der Waals surface area (Å²) in [4.78, 5) is 4.73. The zero-order valence-corrected chi connectivity index (χ0v) is 10.7. The maximum atomic E-state index is 5.96. The summed E-state index contributed by atoms with van der Waals surface area (Å²) in [6.45, 7) is 8.85. The van der Waals surface area contributed by atoms with Gasteiger partial charge in [-0.05, 0) is 24.7 Å². The summed E-state index contributed by atoms with van der Waals surface area (Å²) in [5.74, 6) is 2.71. The first kappa shape index (κ1) is 12.5. The molecule has 0 spiro atoms. The molecule has 88 valence electrons. The highest BCUT2D eigenvalue weighted by atomic mass is 14.9. The van der Waals surface area contributed by atoms with Gasteiger partial charge < -0.3 is 5.73 Å². The number of hydrogen-bond acceptors (Lipinski definition) is 1. The first-order valence-electron chi connectivity index (χ1n) is 6.35. The molecule has 0 aromatic carbocycles. The predicted octanol–water partition coefficient (Wildman–Crippen LogP) is 3.21. The molecular weight excluding hydrogens is 184 g/mol. The largest absolute Gasteiger partial charge is 0.387 e. The third-order valence-electron chi connectivity index (χ3n) is 3.54. The number of hydrogen-bond donors (Lipinski definition) is 1. The van der Waals surface area contributed by atoms with Gasteiger partial charge in [0.15, 0.2) is 0 Å². The second kappa shape index (κ2) is 5.53. The fourth-order valence-corrected chi connectivity index (χ4v) is 2.42. The maximum absolute atomic E-state index is 5.96. The molecule has 0 aromatic heterocycles. The molecule has 1 saturated carbocycles. The van der Waals surface area contributed by atoms with Gasteiger partial charge in [-0.15, -0.1) is 0 Å². The van der Waals surface area contributed by atoms with E-state index >= 15 is 0 Å². The summed E-state index contributed by atoms with van der Waals surface area (Å²) >= 11 is 0. The van der Waals surface area contributed by atoms with Crippen LogP contribution in [0.4, 0.5) is 0 Å².